The van der Waals surface area contributed by atoms with Gasteiger partial charge in [0.2, 0.25) is 5.91 Å². The van der Waals surface area contributed by atoms with Crippen LogP contribution in [0.25, 0.3) is 0 Å². The van der Waals surface area contributed by atoms with E-state index in [1.54, 1.807) is 4.90 Å². The van der Waals surface area contributed by atoms with Gasteiger partial charge in [-0.05, 0) is 25.5 Å². The second-order valence-corrected chi connectivity index (χ2v) is 2.90. The lowest BCUT2D eigenvalue weighted by molar-refractivity contribution is -0.126. The van der Waals surface area contributed by atoms with E-state index in [0.717, 1.165) is 0 Å². The first-order chi connectivity index (χ1) is 6.65. The van der Waals surface area contributed by atoms with Crippen molar-refractivity contribution >= 4 is 11.7 Å². The SMILES string of the molecule is C=CC(=O)CCCN(CC)C(=O)C=C. The van der Waals surface area contributed by atoms with Gasteiger partial charge in [0.1, 0.15) is 0 Å². The number of carbonyl (C=O) groups excluding carboxylic acids is 2. The van der Waals surface area contributed by atoms with Crippen molar-refractivity contribution in [3.8, 4) is 0 Å². The van der Waals surface area contributed by atoms with Gasteiger partial charge < -0.3 is 4.90 Å². The predicted molar refractivity (Wildman–Crippen MR) is 56.9 cm³/mol. The Kier molecular flexibility index (Phi) is 6.37. The number of nitrogens with zero attached hydrogens (tertiary/aromatic N) is 1. The Balaban J connectivity index is 3.84. The molecular weight excluding hydrogens is 178 g/mol. The molecule has 1 amide bonds. The molecule has 0 aromatic rings. The number of likely N-dealkylation sites (N-methyl/N-ethyl adjacent to an activating group) is 1. The second kappa shape index (κ2) is 7.06. The van der Waals surface area contributed by atoms with Crippen molar-refractivity contribution in [1.82, 2.24) is 4.90 Å². The van der Waals surface area contributed by atoms with Crippen molar-refractivity contribution in [3.05, 3.63) is 25.3 Å². The highest BCUT2D eigenvalue weighted by molar-refractivity contribution is 5.89. The van der Waals surface area contributed by atoms with Crippen LogP contribution in [0.4, 0.5) is 0 Å². The number of rotatable bonds is 7. The smallest absolute Gasteiger partial charge is 0.245 e. The lowest BCUT2D eigenvalue weighted by Crippen LogP contribution is -2.30. The molecule has 0 aliphatic carbocycles. The summed E-state index contributed by atoms with van der Waals surface area (Å²) in [5.74, 6) is -0.0642. The Hall–Kier alpha value is -1.38. The summed E-state index contributed by atoms with van der Waals surface area (Å²) < 4.78 is 0. The van der Waals surface area contributed by atoms with Gasteiger partial charge >= 0.3 is 0 Å². The van der Waals surface area contributed by atoms with E-state index in [9.17, 15) is 9.59 Å². The molecule has 0 aliphatic rings. The van der Waals surface area contributed by atoms with Crippen LogP contribution >= 0.6 is 0 Å². The molecule has 0 radical (unpaired) electrons. The van der Waals surface area contributed by atoms with Gasteiger partial charge in [-0.15, -0.1) is 0 Å². The average molecular weight is 195 g/mol. The molecule has 0 fully saturated rings. The molecule has 14 heavy (non-hydrogen) atoms. The number of hydrogen-bond donors (Lipinski definition) is 0. The number of amides is 1. The van der Waals surface area contributed by atoms with E-state index >= 15 is 0 Å². The molecule has 0 bridgehead atoms. The van der Waals surface area contributed by atoms with E-state index in [1.165, 1.54) is 12.2 Å². The fourth-order valence-electron chi connectivity index (χ4n) is 1.10. The van der Waals surface area contributed by atoms with Gasteiger partial charge in [0.15, 0.2) is 5.78 Å². The molecule has 0 N–H and O–H groups in total. The van der Waals surface area contributed by atoms with Gasteiger partial charge in [-0.1, -0.05) is 13.2 Å². The molecule has 0 heterocycles. The number of hydrogen-bond acceptors (Lipinski definition) is 2. The summed E-state index contributed by atoms with van der Waals surface area (Å²) in [6.07, 6.45) is 3.73. The lowest BCUT2D eigenvalue weighted by Gasteiger charge is -2.18. The molecule has 0 aromatic carbocycles. The fraction of sp³-hybridized carbons (Fsp3) is 0.455. The minimum atomic E-state index is -0.0847. The Morgan fingerprint density at radius 2 is 1.93 bits per heavy atom. The number of allylic oxidation sites excluding steroid dienone is 1. The van der Waals surface area contributed by atoms with Crippen LogP contribution in [0.15, 0.2) is 25.3 Å². The van der Waals surface area contributed by atoms with Crippen molar-refractivity contribution in [2.24, 2.45) is 0 Å². The predicted octanol–water partition coefficient (Wildman–Crippen LogP) is 1.56. The summed E-state index contributed by atoms with van der Waals surface area (Å²) in [6.45, 7) is 9.94. The third kappa shape index (κ3) is 4.60. The highest BCUT2D eigenvalue weighted by Gasteiger charge is 2.07. The first-order valence-electron chi connectivity index (χ1n) is 4.72. The number of carbonyl (C=O) groups is 2. The van der Waals surface area contributed by atoms with Crippen LogP contribution in [0.2, 0.25) is 0 Å². The molecular formula is C11H17NO2. The van der Waals surface area contributed by atoms with Crippen molar-refractivity contribution in [2.75, 3.05) is 13.1 Å². The maximum absolute atomic E-state index is 11.2. The second-order valence-electron chi connectivity index (χ2n) is 2.90. The Bertz CT molecular complexity index is 233. The van der Waals surface area contributed by atoms with E-state index in [0.29, 0.717) is 25.9 Å². The standard InChI is InChI=1S/C11H17NO2/c1-4-10(13)8-7-9-12(6-3)11(14)5-2/h4-5H,1-2,6-9H2,3H3. The maximum atomic E-state index is 11.2. The molecule has 0 saturated carbocycles. The van der Waals surface area contributed by atoms with Gasteiger partial charge in [-0.25, -0.2) is 0 Å². The Morgan fingerprint density at radius 3 is 2.36 bits per heavy atom. The van der Waals surface area contributed by atoms with E-state index in [2.05, 4.69) is 13.2 Å². The van der Waals surface area contributed by atoms with Crippen LogP contribution in [-0.2, 0) is 9.59 Å². The van der Waals surface area contributed by atoms with Gasteiger partial charge in [0, 0.05) is 19.5 Å². The largest absolute Gasteiger partial charge is 0.339 e. The molecule has 0 aliphatic heterocycles. The summed E-state index contributed by atoms with van der Waals surface area (Å²) in [4.78, 5) is 23.7. The van der Waals surface area contributed by atoms with Crippen molar-refractivity contribution in [2.45, 2.75) is 19.8 Å². The topological polar surface area (TPSA) is 37.4 Å². The summed E-state index contributed by atoms with van der Waals surface area (Å²) in [5.41, 5.74) is 0. The van der Waals surface area contributed by atoms with Crippen LogP contribution < -0.4 is 0 Å². The van der Waals surface area contributed by atoms with Crippen molar-refractivity contribution in [3.63, 3.8) is 0 Å². The molecule has 0 rings (SSSR count). The van der Waals surface area contributed by atoms with Crippen LogP contribution in [0.5, 0.6) is 0 Å². The zero-order valence-corrected chi connectivity index (χ0v) is 8.66. The summed E-state index contributed by atoms with van der Waals surface area (Å²) in [6, 6.07) is 0. The van der Waals surface area contributed by atoms with Gasteiger partial charge in [0.05, 0.1) is 0 Å². The van der Waals surface area contributed by atoms with Crippen molar-refractivity contribution in [1.29, 1.82) is 0 Å². The first kappa shape index (κ1) is 12.6. The summed E-state index contributed by atoms with van der Waals surface area (Å²) >= 11 is 0. The van der Waals surface area contributed by atoms with E-state index in [4.69, 9.17) is 0 Å². The van der Waals surface area contributed by atoms with E-state index < -0.39 is 0 Å². The highest BCUT2D eigenvalue weighted by atomic mass is 16.2. The molecule has 78 valence electrons. The van der Waals surface area contributed by atoms with Crippen LogP contribution in [0.1, 0.15) is 19.8 Å². The third-order valence-electron chi connectivity index (χ3n) is 1.95. The third-order valence-corrected chi connectivity index (χ3v) is 1.95. The van der Waals surface area contributed by atoms with Gasteiger partial charge in [-0.3, -0.25) is 9.59 Å². The number of ketones is 1. The molecule has 3 heteroatoms. The first-order valence-corrected chi connectivity index (χ1v) is 4.72. The van der Waals surface area contributed by atoms with Gasteiger partial charge in [0.25, 0.3) is 0 Å². The molecule has 3 nitrogen and oxygen atoms in total. The normalized spacial score (nSPS) is 9.21. The Labute approximate surface area is 85.1 Å². The maximum Gasteiger partial charge on any atom is 0.245 e. The van der Waals surface area contributed by atoms with Crippen molar-refractivity contribution < 1.29 is 9.59 Å². The average Bonchev–Trinajstić information content (AvgIpc) is 2.22. The van der Waals surface area contributed by atoms with Gasteiger partial charge in [-0.2, -0.15) is 0 Å². The minimum absolute atomic E-state index is 0.0205. The lowest BCUT2D eigenvalue weighted by atomic mass is 10.2. The zero-order chi connectivity index (χ0) is 11.0. The minimum Gasteiger partial charge on any atom is -0.339 e. The van der Waals surface area contributed by atoms with Crippen LogP contribution in [0, 0.1) is 0 Å². The molecule has 0 spiro atoms. The van der Waals surface area contributed by atoms with E-state index in [1.807, 2.05) is 6.92 Å². The van der Waals surface area contributed by atoms with Crippen LogP contribution in [-0.4, -0.2) is 29.7 Å². The monoisotopic (exact) mass is 195 g/mol. The summed E-state index contributed by atoms with van der Waals surface area (Å²) in [7, 11) is 0. The summed E-state index contributed by atoms with van der Waals surface area (Å²) in [5, 5.41) is 0. The van der Waals surface area contributed by atoms with E-state index in [-0.39, 0.29) is 11.7 Å². The zero-order valence-electron chi connectivity index (χ0n) is 8.66. The Morgan fingerprint density at radius 1 is 1.29 bits per heavy atom. The molecule has 0 unspecified atom stereocenters. The molecule has 0 aromatic heterocycles. The quantitative estimate of drug-likeness (QED) is 0.578. The molecule has 0 saturated heterocycles. The highest BCUT2D eigenvalue weighted by Crippen LogP contribution is 1.98. The molecule has 0 atom stereocenters. The fourth-order valence-corrected chi connectivity index (χ4v) is 1.10. The van der Waals surface area contributed by atoms with Crippen LogP contribution in [0.3, 0.4) is 0 Å².